The fraction of sp³-hybridized carbons (Fsp3) is 0. The summed E-state index contributed by atoms with van der Waals surface area (Å²) in [6, 6.07) is 16.7. The molecule has 118 valence electrons. The first kappa shape index (κ1) is 15.4. The van der Waals surface area contributed by atoms with Crippen LogP contribution in [-0.2, 0) is 0 Å². The first-order valence-electron chi connectivity index (χ1n) is 7.19. The molecule has 0 radical (unpaired) electrons. The van der Waals surface area contributed by atoms with Crippen molar-refractivity contribution in [3.05, 3.63) is 78.0 Å². The van der Waals surface area contributed by atoms with E-state index in [0.29, 0.717) is 22.4 Å². The minimum atomic E-state index is -1.02. The van der Waals surface area contributed by atoms with Gasteiger partial charge in [0.1, 0.15) is 0 Å². The zero-order chi connectivity index (χ0) is 17.1. The number of carboxylic acid groups (broad SMARTS) is 2. The Kier molecular flexibility index (Phi) is 4.07. The van der Waals surface area contributed by atoms with Crippen LogP contribution in [0, 0.1) is 0 Å². The number of hydrogen-bond donors (Lipinski definition) is 2. The molecule has 0 aliphatic rings. The molecule has 3 rings (SSSR count). The van der Waals surface area contributed by atoms with E-state index >= 15 is 0 Å². The predicted molar refractivity (Wildman–Crippen MR) is 89.0 cm³/mol. The molecule has 2 aromatic carbocycles. The fourth-order valence-corrected chi connectivity index (χ4v) is 2.53. The molecule has 1 heterocycles. The topological polar surface area (TPSA) is 87.5 Å². The van der Waals surface area contributed by atoms with E-state index in [9.17, 15) is 19.8 Å². The van der Waals surface area contributed by atoms with Crippen LogP contribution >= 0.6 is 0 Å². The van der Waals surface area contributed by atoms with Gasteiger partial charge in [0.15, 0.2) is 0 Å². The maximum absolute atomic E-state index is 11.3. The normalized spacial score (nSPS) is 10.3. The van der Waals surface area contributed by atoms with Crippen LogP contribution < -0.4 is 0 Å². The number of aromatic carboxylic acids is 2. The van der Waals surface area contributed by atoms with E-state index < -0.39 is 11.9 Å². The molecular formula is C19H13NO4. The number of hydrogen-bond acceptors (Lipinski definition) is 3. The fourth-order valence-electron chi connectivity index (χ4n) is 2.53. The maximum Gasteiger partial charge on any atom is 0.336 e. The summed E-state index contributed by atoms with van der Waals surface area (Å²) < 4.78 is 0. The first-order valence-corrected chi connectivity index (χ1v) is 7.19. The molecule has 0 amide bonds. The van der Waals surface area contributed by atoms with Gasteiger partial charge in [-0.05, 0) is 23.8 Å². The molecule has 0 bridgehead atoms. The van der Waals surface area contributed by atoms with E-state index in [1.54, 1.807) is 54.7 Å². The molecule has 2 N–H and O–H groups in total. The first-order chi connectivity index (χ1) is 11.6. The third-order valence-electron chi connectivity index (χ3n) is 3.67. The van der Waals surface area contributed by atoms with Crippen molar-refractivity contribution in [3.63, 3.8) is 0 Å². The lowest BCUT2D eigenvalue weighted by atomic mass is 9.99. The molecule has 0 spiro atoms. The van der Waals surface area contributed by atoms with Gasteiger partial charge >= 0.3 is 11.9 Å². The van der Waals surface area contributed by atoms with E-state index in [1.165, 1.54) is 12.1 Å². The summed E-state index contributed by atoms with van der Waals surface area (Å²) in [5.74, 6) is -2.03. The molecule has 5 heteroatoms. The molecule has 0 aliphatic heterocycles. The Bertz CT molecular complexity index is 840. The van der Waals surface area contributed by atoms with Crippen LogP contribution in [0.5, 0.6) is 0 Å². The van der Waals surface area contributed by atoms with Crippen LogP contribution in [0.25, 0.3) is 22.4 Å². The molecule has 5 nitrogen and oxygen atoms in total. The smallest absolute Gasteiger partial charge is 0.336 e. The van der Waals surface area contributed by atoms with Crippen LogP contribution in [0.1, 0.15) is 20.7 Å². The van der Waals surface area contributed by atoms with Gasteiger partial charge in [-0.3, -0.25) is 4.98 Å². The van der Waals surface area contributed by atoms with E-state index in [-0.39, 0.29) is 11.1 Å². The molecule has 24 heavy (non-hydrogen) atoms. The SMILES string of the molecule is O=C(O)c1ccccc1-c1ccc(-c2ccccc2C(=O)O)nc1. The van der Waals surface area contributed by atoms with E-state index in [0.717, 1.165) is 0 Å². The Hall–Kier alpha value is -3.47. The van der Waals surface area contributed by atoms with Crippen molar-refractivity contribution in [2.75, 3.05) is 0 Å². The molecular weight excluding hydrogens is 306 g/mol. The van der Waals surface area contributed by atoms with Crippen molar-refractivity contribution in [2.45, 2.75) is 0 Å². The van der Waals surface area contributed by atoms with E-state index in [2.05, 4.69) is 4.98 Å². The van der Waals surface area contributed by atoms with Crippen LogP contribution in [-0.4, -0.2) is 27.1 Å². The summed E-state index contributed by atoms with van der Waals surface area (Å²) in [7, 11) is 0. The van der Waals surface area contributed by atoms with Gasteiger partial charge in [-0.1, -0.05) is 42.5 Å². The third kappa shape index (κ3) is 2.87. The summed E-state index contributed by atoms with van der Waals surface area (Å²) in [5.41, 5.74) is 2.62. The molecule has 0 unspecified atom stereocenters. The summed E-state index contributed by atoms with van der Waals surface area (Å²) in [5, 5.41) is 18.5. The number of aromatic nitrogens is 1. The lowest BCUT2D eigenvalue weighted by molar-refractivity contribution is 0.0687. The number of rotatable bonds is 4. The van der Waals surface area contributed by atoms with Crippen molar-refractivity contribution >= 4 is 11.9 Å². The molecule has 0 saturated carbocycles. The summed E-state index contributed by atoms with van der Waals surface area (Å²) in [4.78, 5) is 26.9. The van der Waals surface area contributed by atoms with Gasteiger partial charge in [0, 0.05) is 17.3 Å². The Morgan fingerprint density at radius 1 is 0.708 bits per heavy atom. The Morgan fingerprint density at radius 3 is 1.79 bits per heavy atom. The zero-order valence-electron chi connectivity index (χ0n) is 12.5. The number of benzene rings is 2. The van der Waals surface area contributed by atoms with Crippen LogP contribution in [0.15, 0.2) is 66.9 Å². The molecule has 0 fully saturated rings. The standard InChI is InChI=1S/C19H13NO4/c21-18(22)15-7-3-1-5-13(15)12-9-10-17(20-11-12)14-6-2-4-8-16(14)19(23)24/h1-11H,(H,21,22)(H,23,24). The Labute approximate surface area is 137 Å². The van der Waals surface area contributed by atoms with E-state index in [4.69, 9.17) is 0 Å². The highest BCUT2D eigenvalue weighted by atomic mass is 16.4. The van der Waals surface area contributed by atoms with Gasteiger partial charge in [-0.15, -0.1) is 0 Å². The predicted octanol–water partition coefficient (Wildman–Crippen LogP) is 3.81. The number of carbonyl (C=O) groups is 2. The van der Waals surface area contributed by atoms with Crippen molar-refractivity contribution in [1.82, 2.24) is 4.98 Å². The van der Waals surface area contributed by atoms with Gasteiger partial charge in [0.25, 0.3) is 0 Å². The Morgan fingerprint density at radius 2 is 1.25 bits per heavy atom. The second-order valence-corrected chi connectivity index (χ2v) is 5.13. The van der Waals surface area contributed by atoms with Crippen LogP contribution in [0.4, 0.5) is 0 Å². The lowest BCUT2D eigenvalue weighted by Crippen LogP contribution is -2.01. The Balaban J connectivity index is 2.04. The maximum atomic E-state index is 11.3. The summed E-state index contributed by atoms with van der Waals surface area (Å²) in [6.45, 7) is 0. The van der Waals surface area contributed by atoms with Gasteiger partial charge in [-0.2, -0.15) is 0 Å². The highest BCUT2D eigenvalue weighted by Crippen LogP contribution is 2.27. The quantitative estimate of drug-likeness (QED) is 0.763. The second kappa shape index (κ2) is 6.34. The number of nitrogens with zero attached hydrogens (tertiary/aromatic N) is 1. The lowest BCUT2D eigenvalue weighted by Gasteiger charge is -2.08. The highest BCUT2D eigenvalue weighted by Gasteiger charge is 2.14. The summed E-state index contributed by atoms with van der Waals surface area (Å²) in [6.07, 6.45) is 1.55. The van der Waals surface area contributed by atoms with Gasteiger partial charge in [0.05, 0.1) is 16.8 Å². The molecule has 0 saturated heterocycles. The van der Waals surface area contributed by atoms with Crippen molar-refractivity contribution in [3.8, 4) is 22.4 Å². The molecule has 3 aromatic rings. The average Bonchev–Trinajstić information content (AvgIpc) is 2.62. The van der Waals surface area contributed by atoms with E-state index in [1.807, 2.05) is 0 Å². The van der Waals surface area contributed by atoms with Crippen LogP contribution in [0.3, 0.4) is 0 Å². The minimum Gasteiger partial charge on any atom is -0.478 e. The average molecular weight is 319 g/mol. The minimum absolute atomic E-state index is 0.170. The number of carboxylic acids is 2. The molecule has 0 aliphatic carbocycles. The summed E-state index contributed by atoms with van der Waals surface area (Å²) >= 11 is 0. The molecule has 1 aromatic heterocycles. The highest BCUT2D eigenvalue weighted by molar-refractivity contribution is 5.97. The van der Waals surface area contributed by atoms with Gasteiger partial charge in [-0.25, -0.2) is 9.59 Å². The third-order valence-corrected chi connectivity index (χ3v) is 3.67. The van der Waals surface area contributed by atoms with Crippen molar-refractivity contribution < 1.29 is 19.8 Å². The van der Waals surface area contributed by atoms with Crippen LogP contribution in [0.2, 0.25) is 0 Å². The van der Waals surface area contributed by atoms with Gasteiger partial charge < -0.3 is 10.2 Å². The molecule has 0 atom stereocenters. The second-order valence-electron chi connectivity index (χ2n) is 5.13. The van der Waals surface area contributed by atoms with Crippen molar-refractivity contribution in [1.29, 1.82) is 0 Å². The van der Waals surface area contributed by atoms with Crippen molar-refractivity contribution in [2.24, 2.45) is 0 Å². The van der Waals surface area contributed by atoms with Gasteiger partial charge in [0.2, 0.25) is 0 Å². The number of pyridine rings is 1. The largest absolute Gasteiger partial charge is 0.478 e. The monoisotopic (exact) mass is 319 g/mol. The zero-order valence-corrected chi connectivity index (χ0v) is 12.5.